The van der Waals surface area contributed by atoms with Crippen LogP contribution in [0, 0.1) is 19.3 Å². The van der Waals surface area contributed by atoms with Crippen LogP contribution in [-0.2, 0) is 32.1 Å². The first-order valence-electron chi connectivity index (χ1n) is 14.0. The highest BCUT2D eigenvalue weighted by atomic mass is 16.2. The lowest BCUT2D eigenvalue weighted by atomic mass is 9.86. The van der Waals surface area contributed by atoms with Crippen molar-refractivity contribution in [2.24, 2.45) is 5.41 Å². The average Bonchev–Trinajstić information content (AvgIpc) is 2.93. The molecule has 1 heterocycles. The Hall–Kier alpha value is -3.98. The van der Waals surface area contributed by atoms with Crippen LogP contribution in [0.2, 0.25) is 0 Å². The first-order chi connectivity index (χ1) is 19.3. The van der Waals surface area contributed by atoms with Gasteiger partial charge in [-0.25, -0.2) is 0 Å². The quantitative estimate of drug-likeness (QED) is 0.413. The largest absolute Gasteiger partial charge is 0.345 e. The second-order valence-corrected chi connectivity index (χ2v) is 11.8. The molecular formula is C32H43N5O4. The number of benzene rings is 2. The van der Waals surface area contributed by atoms with E-state index in [1.165, 1.54) is 4.90 Å². The number of hydrogen-bond acceptors (Lipinski definition) is 5. The highest BCUT2D eigenvalue weighted by Crippen LogP contribution is 2.22. The molecule has 4 amide bonds. The lowest BCUT2D eigenvalue weighted by molar-refractivity contribution is -0.144. The number of aryl methyl sites for hydroxylation is 2. The maximum atomic E-state index is 13.7. The second kappa shape index (κ2) is 13.6. The molecular weight excluding hydrogens is 518 g/mol. The van der Waals surface area contributed by atoms with Gasteiger partial charge in [0.2, 0.25) is 23.6 Å². The molecule has 0 saturated heterocycles. The van der Waals surface area contributed by atoms with Crippen LogP contribution in [0.4, 0.5) is 0 Å². The minimum Gasteiger partial charge on any atom is -0.345 e. The van der Waals surface area contributed by atoms with Gasteiger partial charge in [0.1, 0.15) is 12.1 Å². The Labute approximate surface area is 243 Å². The van der Waals surface area contributed by atoms with E-state index in [9.17, 15) is 19.2 Å². The van der Waals surface area contributed by atoms with Crippen LogP contribution in [0.15, 0.2) is 60.9 Å². The van der Waals surface area contributed by atoms with Gasteiger partial charge >= 0.3 is 0 Å². The highest BCUT2D eigenvalue weighted by molar-refractivity contribution is 5.94. The number of carbonyl (C=O) groups excluding carboxylic acids is 4. The molecule has 0 fully saturated rings. The molecule has 9 heteroatoms. The Bertz CT molecular complexity index is 1260. The second-order valence-electron chi connectivity index (χ2n) is 11.8. The van der Waals surface area contributed by atoms with E-state index < -0.39 is 35.4 Å². The van der Waals surface area contributed by atoms with Crippen LogP contribution in [0.1, 0.15) is 49.9 Å². The lowest BCUT2D eigenvalue weighted by Gasteiger charge is -2.36. The first-order valence-corrected chi connectivity index (χ1v) is 14.0. The molecule has 2 aromatic rings. The van der Waals surface area contributed by atoms with Crippen molar-refractivity contribution in [3.63, 3.8) is 0 Å². The molecule has 0 spiro atoms. The molecule has 1 aliphatic heterocycles. The Balaban J connectivity index is 1.78. The van der Waals surface area contributed by atoms with Crippen molar-refractivity contribution in [1.82, 2.24) is 25.8 Å². The summed E-state index contributed by atoms with van der Waals surface area (Å²) in [6, 6.07) is 13.7. The Morgan fingerprint density at radius 1 is 0.878 bits per heavy atom. The summed E-state index contributed by atoms with van der Waals surface area (Å²) in [5.41, 5.74) is 3.55. The number of likely N-dealkylation sites (N-methyl/N-ethyl adjacent to an activating group) is 1. The normalized spacial score (nSPS) is 16.8. The predicted molar refractivity (Wildman–Crippen MR) is 159 cm³/mol. The fourth-order valence-electron chi connectivity index (χ4n) is 4.48. The molecule has 1 aliphatic rings. The number of amides is 4. The molecule has 3 N–H and O–H groups in total. The van der Waals surface area contributed by atoms with Crippen LogP contribution in [0.5, 0.6) is 0 Å². The van der Waals surface area contributed by atoms with Crippen molar-refractivity contribution >= 4 is 23.6 Å². The molecule has 3 atom stereocenters. The fraction of sp³-hybridized carbons (Fsp3) is 0.438. The van der Waals surface area contributed by atoms with Crippen LogP contribution in [0.3, 0.4) is 0 Å². The Morgan fingerprint density at radius 3 is 1.98 bits per heavy atom. The molecule has 0 saturated carbocycles. The zero-order chi connectivity index (χ0) is 30.3. The topological polar surface area (TPSA) is 111 Å². The van der Waals surface area contributed by atoms with Gasteiger partial charge in [-0.3, -0.25) is 19.2 Å². The van der Waals surface area contributed by atoms with Crippen molar-refractivity contribution in [2.75, 3.05) is 13.6 Å². The summed E-state index contributed by atoms with van der Waals surface area (Å²) in [6.45, 7) is 11.3. The van der Waals surface area contributed by atoms with Gasteiger partial charge in [-0.05, 0) is 44.4 Å². The molecule has 0 unspecified atom stereocenters. The molecule has 0 bridgehead atoms. The van der Waals surface area contributed by atoms with Crippen molar-refractivity contribution in [1.29, 1.82) is 0 Å². The smallest absolute Gasteiger partial charge is 0.250 e. The number of carbonyl (C=O) groups is 4. The molecule has 2 aromatic carbocycles. The van der Waals surface area contributed by atoms with Crippen molar-refractivity contribution in [2.45, 2.75) is 72.6 Å². The van der Waals surface area contributed by atoms with E-state index >= 15 is 0 Å². The van der Waals surface area contributed by atoms with E-state index in [-0.39, 0.29) is 18.4 Å². The number of rotatable bonds is 10. The van der Waals surface area contributed by atoms with Crippen LogP contribution in [0.25, 0.3) is 0 Å². The van der Waals surface area contributed by atoms with Gasteiger partial charge in [-0.1, -0.05) is 80.4 Å². The number of hydrogen-bond donors (Lipinski definition) is 3. The molecule has 0 radical (unpaired) electrons. The minimum absolute atomic E-state index is 0.200. The third-order valence-electron chi connectivity index (χ3n) is 7.28. The minimum atomic E-state index is -0.856. The lowest BCUT2D eigenvalue weighted by Crippen LogP contribution is -2.58. The fourth-order valence-corrected chi connectivity index (χ4v) is 4.48. The predicted octanol–water partition coefficient (Wildman–Crippen LogP) is 2.81. The summed E-state index contributed by atoms with van der Waals surface area (Å²) in [5.74, 6) is -1.40. The first kappa shape index (κ1) is 31.5. The summed E-state index contributed by atoms with van der Waals surface area (Å²) in [6.07, 6.45) is 3.56. The standard InChI is InChI=1S/C32H43N5O4/c1-21-8-12-24(13-9-21)18-26-31(41)36(20-25-14-10-22(2)11-15-25)16-17-37(26)27(38)19-34-30(40)28(32(4,5)6)35-29(39)23(3)33-7/h8-17,23,26,28,33H,18-20H2,1-7H3,(H,34,40)(H,35,39)/t23-,26-,28+/m0/s1. The van der Waals surface area contributed by atoms with Crippen molar-refractivity contribution in [3.8, 4) is 0 Å². The summed E-state index contributed by atoms with van der Waals surface area (Å²) >= 11 is 0. The molecule has 3 rings (SSSR count). The van der Waals surface area contributed by atoms with Crippen molar-refractivity contribution < 1.29 is 19.2 Å². The van der Waals surface area contributed by atoms with E-state index in [1.807, 2.05) is 83.1 Å². The zero-order valence-corrected chi connectivity index (χ0v) is 25.2. The highest BCUT2D eigenvalue weighted by Gasteiger charge is 2.37. The average molecular weight is 562 g/mol. The van der Waals surface area contributed by atoms with Gasteiger partial charge in [0.25, 0.3) is 0 Å². The third kappa shape index (κ3) is 8.50. The summed E-state index contributed by atoms with van der Waals surface area (Å²) in [5, 5.41) is 8.33. The van der Waals surface area contributed by atoms with Crippen LogP contribution in [-0.4, -0.2) is 65.1 Å². The van der Waals surface area contributed by atoms with Gasteiger partial charge in [0, 0.05) is 18.8 Å². The molecule has 0 aromatic heterocycles. The van der Waals surface area contributed by atoms with E-state index in [0.717, 1.165) is 22.3 Å². The van der Waals surface area contributed by atoms with E-state index in [1.54, 1.807) is 31.3 Å². The molecule has 0 aliphatic carbocycles. The van der Waals surface area contributed by atoms with Crippen LogP contribution < -0.4 is 16.0 Å². The van der Waals surface area contributed by atoms with Gasteiger partial charge < -0.3 is 25.8 Å². The van der Waals surface area contributed by atoms with Gasteiger partial charge in [0.15, 0.2) is 0 Å². The van der Waals surface area contributed by atoms with E-state index in [2.05, 4.69) is 16.0 Å². The van der Waals surface area contributed by atoms with Crippen molar-refractivity contribution in [3.05, 3.63) is 83.2 Å². The monoisotopic (exact) mass is 561 g/mol. The maximum Gasteiger partial charge on any atom is 0.250 e. The van der Waals surface area contributed by atoms with Crippen LogP contribution >= 0.6 is 0 Å². The van der Waals surface area contributed by atoms with Gasteiger partial charge in [-0.2, -0.15) is 0 Å². The summed E-state index contributed by atoms with van der Waals surface area (Å²) in [7, 11) is 1.66. The number of nitrogens with zero attached hydrogens (tertiary/aromatic N) is 2. The molecule has 9 nitrogen and oxygen atoms in total. The summed E-state index contributed by atoms with van der Waals surface area (Å²) in [4.78, 5) is 55.8. The number of nitrogens with one attached hydrogen (secondary N) is 3. The molecule has 41 heavy (non-hydrogen) atoms. The summed E-state index contributed by atoms with van der Waals surface area (Å²) < 4.78 is 0. The van der Waals surface area contributed by atoms with Gasteiger partial charge in [-0.15, -0.1) is 0 Å². The zero-order valence-electron chi connectivity index (χ0n) is 25.2. The maximum absolute atomic E-state index is 13.7. The molecule has 220 valence electrons. The van der Waals surface area contributed by atoms with E-state index in [0.29, 0.717) is 13.0 Å². The van der Waals surface area contributed by atoms with E-state index in [4.69, 9.17) is 0 Å². The third-order valence-corrected chi connectivity index (χ3v) is 7.28. The van der Waals surface area contributed by atoms with Gasteiger partial charge in [0.05, 0.1) is 19.1 Å². The Kier molecular flexibility index (Phi) is 10.5. The SMILES string of the molecule is CN[C@@H](C)C(=O)N[C@H](C(=O)NCC(=O)N1C=CN(Cc2ccc(C)cc2)C(=O)[C@@H]1Cc1ccc(C)cc1)C(C)(C)C. The Morgan fingerprint density at radius 2 is 1.44 bits per heavy atom.